The van der Waals surface area contributed by atoms with Crippen molar-refractivity contribution >= 4 is 33.9 Å². The van der Waals surface area contributed by atoms with Gasteiger partial charge in [0.1, 0.15) is 11.2 Å². The van der Waals surface area contributed by atoms with Crippen LogP contribution in [0, 0.1) is 0 Å². The Bertz CT molecular complexity index is 922. The number of hydrogen-bond acceptors (Lipinski definition) is 4. The summed E-state index contributed by atoms with van der Waals surface area (Å²) in [5.74, 6) is -1.05. The zero-order chi connectivity index (χ0) is 17.8. The van der Waals surface area contributed by atoms with Crippen molar-refractivity contribution in [3.05, 3.63) is 47.5 Å². The van der Waals surface area contributed by atoms with Gasteiger partial charge in [-0.2, -0.15) is 0 Å². The Morgan fingerprint density at radius 2 is 1.52 bits per heavy atom. The van der Waals surface area contributed by atoms with E-state index in [9.17, 15) is 9.59 Å². The van der Waals surface area contributed by atoms with Gasteiger partial charge in [0.15, 0.2) is 0 Å². The van der Waals surface area contributed by atoms with Gasteiger partial charge in [-0.05, 0) is 30.9 Å². The van der Waals surface area contributed by atoms with E-state index in [1.165, 1.54) is 0 Å². The second kappa shape index (κ2) is 7.38. The Hall–Kier alpha value is -2.82. The SMILES string of the molecule is CCOC(=O)CCc1cccc2c1oc1c(CCC(=O)O)cccc12. The monoisotopic (exact) mass is 340 g/mol. The molecule has 0 aliphatic heterocycles. The van der Waals surface area contributed by atoms with Crippen LogP contribution in [0.1, 0.15) is 30.9 Å². The molecular formula is C20H20O5. The van der Waals surface area contributed by atoms with Gasteiger partial charge in [-0.25, -0.2) is 0 Å². The number of benzene rings is 2. The van der Waals surface area contributed by atoms with Crippen molar-refractivity contribution in [2.45, 2.75) is 32.6 Å². The molecule has 2 aromatic carbocycles. The standard InChI is InChI=1S/C20H20O5/c1-2-24-18(23)12-10-14-6-4-8-16-15-7-3-5-13(9-11-17(21)22)19(15)25-20(14)16/h3-8H,2,9-12H2,1H3,(H,21,22). The molecule has 0 aliphatic rings. The van der Waals surface area contributed by atoms with Gasteiger partial charge in [-0.3, -0.25) is 9.59 Å². The molecule has 1 N–H and O–H groups in total. The Morgan fingerprint density at radius 1 is 0.960 bits per heavy atom. The summed E-state index contributed by atoms with van der Waals surface area (Å²) in [5, 5.41) is 10.9. The Kier molecular flexibility index (Phi) is 5.03. The van der Waals surface area contributed by atoms with Crippen molar-refractivity contribution in [3.8, 4) is 0 Å². The van der Waals surface area contributed by atoms with Crippen LogP contribution < -0.4 is 0 Å². The minimum atomic E-state index is -0.830. The average Bonchev–Trinajstić information content (AvgIpc) is 2.98. The number of carbonyl (C=O) groups is 2. The van der Waals surface area contributed by atoms with E-state index in [0.29, 0.717) is 25.9 Å². The van der Waals surface area contributed by atoms with Gasteiger partial charge in [0.05, 0.1) is 6.61 Å². The lowest BCUT2D eigenvalue weighted by Gasteiger charge is -2.03. The van der Waals surface area contributed by atoms with Crippen LogP contribution in [0.2, 0.25) is 0 Å². The van der Waals surface area contributed by atoms with E-state index in [1.807, 2.05) is 36.4 Å². The van der Waals surface area contributed by atoms with E-state index >= 15 is 0 Å². The number of fused-ring (bicyclic) bond motifs is 3. The molecule has 0 aliphatic carbocycles. The first-order valence-electron chi connectivity index (χ1n) is 8.39. The first-order valence-corrected chi connectivity index (χ1v) is 8.39. The highest BCUT2D eigenvalue weighted by molar-refractivity contribution is 6.06. The summed E-state index contributed by atoms with van der Waals surface area (Å²) in [5.41, 5.74) is 3.31. The van der Waals surface area contributed by atoms with Crippen molar-refractivity contribution in [2.24, 2.45) is 0 Å². The maximum Gasteiger partial charge on any atom is 0.306 e. The number of furan rings is 1. The van der Waals surface area contributed by atoms with Crippen LogP contribution >= 0.6 is 0 Å². The highest BCUT2D eigenvalue weighted by Crippen LogP contribution is 2.33. The minimum Gasteiger partial charge on any atom is -0.481 e. The maximum absolute atomic E-state index is 11.6. The molecule has 1 heterocycles. The lowest BCUT2D eigenvalue weighted by atomic mass is 10.0. The summed E-state index contributed by atoms with van der Waals surface area (Å²) in [6.45, 7) is 2.16. The fraction of sp³-hybridized carbons (Fsp3) is 0.300. The molecular weight excluding hydrogens is 320 g/mol. The van der Waals surface area contributed by atoms with Crippen molar-refractivity contribution < 1.29 is 23.8 Å². The number of carboxylic acids is 1. The van der Waals surface area contributed by atoms with E-state index in [0.717, 1.165) is 33.1 Å². The van der Waals surface area contributed by atoms with E-state index in [-0.39, 0.29) is 12.4 Å². The maximum atomic E-state index is 11.6. The molecule has 0 saturated carbocycles. The number of hydrogen-bond donors (Lipinski definition) is 1. The Labute approximate surface area is 145 Å². The Balaban J connectivity index is 1.98. The van der Waals surface area contributed by atoms with Crippen LogP contribution in [0.3, 0.4) is 0 Å². The molecule has 0 saturated heterocycles. The van der Waals surface area contributed by atoms with Gasteiger partial charge >= 0.3 is 11.9 Å². The van der Waals surface area contributed by atoms with Crippen LogP contribution in [0.15, 0.2) is 40.8 Å². The highest BCUT2D eigenvalue weighted by atomic mass is 16.5. The number of para-hydroxylation sites is 2. The van der Waals surface area contributed by atoms with Gasteiger partial charge < -0.3 is 14.3 Å². The number of carbonyl (C=O) groups excluding carboxylic acids is 1. The number of ether oxygens (including phenoxy) is 1. The van der Waals surface area contributed by atoms with Crippen molar-refractivity contribution in [2.75, 3.05) is 6.61 Å². The number of aliphatic carboxylic acids is 1. The van der Waals surface area contributed by atoms with Crippen LogP contribution in [0.4, 0.5) is 0 Å². The number of esters is 1. The Morgan fingerprint density at radius 3 is 2.04 bits per heavy atom. The van der Waals surface area contributed by atoms with Crippen LogP contribution in [-0.4, -0.2) is 23.7 Å². The lowest BCUT2D eigenvalue weighted by molar-refractivity contribution is -0.143. The minimum absolute atomic E-state index is 0.0614. The second-order valence-corrected chi connectivity index (χ2v) is 5.89. The molecule has 5 nitrogen and oxygen atoms in total. The topological polar surface area (TPSA) is 76.7 Å². The average molecular weight is 340 g/mol. The zero-order valence-corrected chi connectivity index (χ0v) is 14.1. The largest absolute Gasteiger partial charge is 0.481 e. The normalized spacial score (nSPS) is 11.1. The third kappa shape index (κ3) is 3.65. The molecule has 1 aromatic heterocycles. The molecule has 3 aromatic rings. The molecule has 0 radical (unpaired) electrons. The van der Waals surface area contributed by atoms with Crippen LogP contribution in [-0.2, 0) is 27.2 Å². The van der Waals surface area contributed by atoms with Gasteiger partial charge in [0, 0.05) is 23.6 Å². The van der Waals surface area contributed by atoms with E-state index in [4.69, 9.17) is 14.3 Å². The van der Waals surface area contributed by atoms with Gasteiger partial charge in [-0.15, -0.1) is 0 Å². The van der Waals surface area contributed by atoms with E-state index in [1.54, 1.807) is 6.92 Å². The third-order valence-electron chi connectivity index (χ3n) is 4.20. The summed E-state index contributed by atoms with van der Waals surface area (Å²) < 4.78 is 11.1. The molecule has 0 fully saturated rings. The molecule has 0 amide bonds. The van der Waals surface area contributed by atoms with Gasteiger partial charge in [0.2, 0.25) is 0 Å². The number of carboxylic acid groups (broad SMARTS) is 1. The molecule has 0 atom stereocenters. The van der Waals surface area contributed by atoms with Crippen LogP contribution in [0.25, 0.3) is 21.9 Å². The van der Waals surface area contributed by atoms with E-state index < -0.39 is 5.97 Å². The molecule has 5 heteroatoms. The second-order valence-electron chi connectivity index (χ2n) is 5.89. The summed E-state index contributed by atoms with van der Waals surface area (Å²) in [6.07, 6.45) is 1.33. The van der Waals surface area contributed by atoms with Crippen LogP contribution in [0.5, 0.6) is 0 Å². The highest BCUT2D eigenvalue weighted by Gasteiger charge is 2.15. The molecule has 0 bridgehead atoms. The van der Waals surface area contributed by atoms with Gasteiger partial charge in [-0.1, -0.05) is 36.4 Å². The first kappa shape index (κ1) is 17.0. The van der Waals surface area contributed by atoms with Crippen molar-refractivity contribution in [1.82, 2.24) is 0 Å². The summed E-state index contributed by atoms with van der Waals surface area (Å²) in [7, 11) is 0. The molecule has 0 unspecified atom stereocenters. The number of aryl methyl sites for hydroxylation is 2. The third-order valence-corrected chi connectivity index (χ3v) is 4.20. The molecule has 3 rings (SSSR count). The first-order chi connectivity index (χ1) is 12.1. The number of rotatable bonds is 7. The quantitative estimate of drug-likeness (QED) is 0.655. The van der Waals surface area contributed by atoms with Gasteiger partial charge in [0.25, 0.3) is 0 Å². The predicted molar refractivity (Wildman–Crippen MR) is 94.6 cm³/mol. The summed E-state index contributed by atoms with van der Waals surface area (Å²) in [4.78, 5) is 22.5. The molecule has 0 spiro atoms. The summed E-state index contributed by atoms with van der Waals surface area (Å²) >= 11 is 0. The van der Waals surface area contributed by atoms with Crippen molar-refractivity contribution in [3.63, 3.8) is 0 Å². The van der Waals surface area contributed by atoms with E-state index in [2.05, 4.69) is 0 Å². The predicted octanol–water partition coefficient (Wildman–Crippen LogP) is 4.10. The smallest absolute Gasteiger partial charge is 0.306 e. The molecule has 25 heavy (non-hydrogen) atoms. The van der Waals surface area contributed by atoms with Crippen molar-refractivity contribution in [1.29, 1.82) is 0 Å². The fourth-order valence-electron chi connectivity index (χ4n) is 3.04. The fourth-order valence-corrected chi connectivity index (χ4v) is 3.04. The lowest BCUT2D eigenvalue weighted by Crippen LogP contribution is -2.05. The zero-order valence-electron chi connectivity index (χ0n) is 14.1. The molecule has 130 valence electrons. The summed E-state index contributed by atoms with van der Waals surface area (Å²) in [6, 6.07) is 11.7.